The Labute approximate surface area is 167 Å². The molecule has 2 aliphatic rings. The second kappa shape index (κ2) is 7.66. The van der Waals surface area contributed by atoms with Gasteiger partial charge >= 0.3 is 0 Å². The molecule has 1 spiro atoms. The smallest absolute Gasteiger partial charge is 0.153 e. The molecule has 1 aliphatic carbocycles. The van der Waals surface area contributed by atoms with E-state index in [0.29, 0.717) is 22.5 Å². The minimum absolute atomic E-state index is 0.127. The van der Waals surface area contributed by atoms with Gasteiger partial charge in [0.1, 0.15) is 17.1 Å². The number of methoxy groups -OCH3 is 1. The minimum Gasteiger partial charge on any atom is -0.497 e. The highest BCUT2D eigenvalue weighted by atomic mass is 16.5. The van der Waals surface area contributed by atoms with Crippen LogP contribution in [0.25, 0.3) is 11.4 Å². The molecule has 1 saturated carbocycles. The molecule has 6 nitrogen and oxygen atoms in total. The van der Waals surface area contributed by atoms with Crippen molar-refractivity contribution >= 4 is 5.82 Å². The third-order valence-electron chi connectivity index (χ3n) is 6.90. The predicted octanol–water partition coefficient (Wildman–Crippen LogP) is 3.75. The molecule has 0 unspecified atom stereocenters. The third-order valence-corrected chi connectivity index (χ3v) is 6.90. The molecule has 4 rings (SSSR count). The fourth-order valence-corrected chi connectivity index (χ4v) is 5.03. The first-order valence-corrected chi connectivity index (χ1v) is 10.3. The number of ether oxygens (including phenoxy) is 1. The van der Waals surface area contributed by atoms with Crippen LogP contribution < -0.4 is 9.64 Å². The van der Waals surface area contributed by atoms with Gasteiger partial charge in [0.15, 0.2) is 5.82 Å². The van der Waals surface area contributed by atoms with Crippen molar-refractivity contribution in [1.29, 1.82) is 0 Å². The van der Waals surface area contributed by atoms with E-state index < -0.39 is 0 Å². The van der Waals surface area contributed by atoms with Gasteiger partial charge in [-0.1, -0.05) is 19.8 Å². The number of aromatic nitrogens is 3. The number of rotatable bonds is 4. The topological polar surface area (TPSA) is 71.4 Å². The van der Waals surface area contributed by atoms with Gasteiger partial charge in [0.05, 0.1) is 25.1 Å². The highest BCUT2D eigenvalue weighted by molar-refractivity contribution is 5.61. The monoisotopic (exact) mass is 382 g/mol. The van der Waals surface area contributed by atoms with Gasteiger partial charge in [-0.15, -0.1) is 0 Å². The molecule has 2 aromatic heterocycles. The Morgan fingerprint density at radius 1 is 1.25 bits per heavy atom. The van der Waals surface area contributed by atoms with Gasteiger partial charge in [-0.2, -0.15) is 0 Å². The summed E-state index contributed by atoms with van der Waals surface area (Å²) in [7, 11) is 1.63. The van der Waals surface area contributed by atoms with Crippen LogP contribution in [0.1, 0.15) is 50.4 Å². The Hall–Kier alpha value is -2.21. The number of anilines is 1. The van der Waals surface area contributed by atoms with Gasteiger partial charge in [-0.25, -0.2) is 9.97 Å². The Kier molecular flexibility index (Phi) is 5.23. The van der Waals surface area contributed by atoms with E-state index in [1.54, 1.807) is 19.4 Å². The number of nitrogens with zero attached hydrogens (tertiary/aromatic N) is 4. The number of aliphatic hydroxyl groups excluding tert-OH is 1. The molecule has 0 radical (unpaired) electrons. The third kappa shape index (κ3) is 3.34. The van der Waals surface area contributed by atoms with E-state index in [2.05, 4.69) is 16.8 Å². The highest BCUT2D eigenvalue weighted by Gasteiger charge is 2.42. The van der Waals surface area contributed by atoms with Crippen molar-refractivity contribution in [3.05, 3.63) is 29.7 Å². The molecule has 2 fully saturated rings. The number of piperidine rings is 1. The predicted molar refractivity (Wildman–Crippen MR) is 109 cm³/mol. The van der Waals surface area contributed by atoms with E-state index >= 15 is 0 Å². The van der Waals surface area contributed by atoms with Crippen molar-refractivity contribution < 1.29 is 9.84 Å². The number of pyridine rings is 1. The fraction of sp³-hybridized carbons (Fsp3) is 0.591. The first-order chi connectivity index (χ1) is 13.6. The SMILES string of the molecule is COc1ccnc(-c2nc(CO)c(N3CCC4(CCC[C@H]4C)CC3)nc2C)c1. The van der Waals surface area contributed by atoms with Gasteiger partial charge in [-0.05, 0) is 43.6 Å². The van der Waals surface area contributed by atoms with Gasteiger partial charge in [0.2, 0.25) is 0 Å². The van der Waals surface area contributed by atoms with Crippen molar-refractivity contribution in [3.63, 3.8) is 0 Å². The van der Waals surface area contributed by atoms with Crippen molar-refractivity contribution in [1.82, 2.24) is 15.0 Å². The van der Waals surface area contributed by atoms with Crippen molar-refractivity contribution in [3.8, 4) is 17.1 Å². The molecule has 0 aromatic carbocycles. The zero-order valence-electron chi connectivity index (χ0n) is 17.1. The van der Waals surface area contributed by atoms with Gasteiger partial charge in [0, 0.05) is 25.4 Å². The van der Waals surface area contributed by atoms with Crippen LogP contribution in [0.5, 0.6) is 5.75 Å². The molecule has 2 aromatic rings. The van der Waals surface area contributed by atoms with Crippen molar-refractivity contribution in [2.24, 2.45) is 11.3 Å². The Bertz CT molecular complexity index is 846. The molecule has 1 saturated heterocycles. The number of hydrogen-bond acceptors (Lipinski definition) is 6. The molecular weight excluding hydrogens is 352 g/mol. The maximum atomic E-state index is 9.98. The first kappa shape index (κ1) is 19.1. The molecule has 150 valence electrons. The van der Waals surface area contributed by atoms with Crippen LogP contribution in [0, 0.1) is 18.3 Å². The molecule has 3 heterocycles. The lowest BCUT2D eigenvalue weighted by atomic mass is 9.71. The van der Waals surface area contributed by atoms with E-state index in [9.17, 15) is 5.11 Å². The van der Waals surface area contributed by atoms with Crippen molar-refractivity contribution in [2.45, 2.75) is 52.6 Å². The second-order valence-corrected chi connectivity index (χ2v) is 8.31. The molecule has 28 heavy (non-hydrogen) atoms. The first-order valence-electron chi connectivity index (χ1n) is 10.3. The molecule has 0 amide bonds. The van der Waals surface area contributed by atoms with Crippen molar-refractivity contribution in [2.75, 3.05) is 25.1 Å². The Balaban J connectivity index is 1.61. The van der Waals surface area contributed by atoms with E-state index in [1.807, 2.05) is 13.0 Å². The fourth-order valence-electron chi connectivity index (χ4n) is 5.03. The lowest BCUT2D eigenvalue weighted by Crippen LogP contribution is -2.42. The highest BCUT2D eigenvalue weighted by Crippen LogP contribution is 2.50. The maximum absolute atomic E-state index is 9.98. The normalized spacial score (nSPS) is 21.3. The molecule has 1 atom stereocenters. The Morgan fingerprint density at radius 2 is 2.04 bits per heavy atom. The molecular formula is C22H30N4O2. The summed E-state index contributed by atoms with van der Waals surface area (Å²) >= 11 is 0. The average molecular weight is 383 g/mol. The van der Waals surface area contributed by atoms with E-state index in [0.717, 1.165) is 36.3 Å². The molecule has 6 heteroatoms. The van der Waals surface area contributed by atoms with Crippen LogP contribution in [0.2, 0.25) is 0 Å². The average Bonchev–Trinajstić information content (AvgIpc) is 3.08. The summed E-state index contributed by atoms with van der Waals surface area (Å²) in [6.07, 6.45) is 8.21. The quantitative estimate of drug-likeness (QED) is 0.868. The number of aliphatic hydroxyl groups is 1. The van der Waals surface area contributed by atoms with E-state index in [4.69, 9.17) is 14.7 Å². The standard InChI is InChI=1S/C22H30N4O2/c1-15-5-4-7-22(15)8-11-26(12-9-22)21-19(14-27)25-20(16(2)24-21)18-13-17(28-3)6-10-23-18/h6,10,13,15,27H,4-5,7-9,11-12,14H2,1-3H3/t15-/m1/s1. The zero-order chi connectivity index (χ0) is 19.7. The lowest BCUT2D eigenvalue weighted by Gasteiger charge is -2.43. The largest absolute Gasteiger partial charge is 0.497 e. The van der Waals surface area contributed by atoms with E-state index in [-0.39, 0.29) is 6.61 Å². The van der Waals surface area contributed by atoms with Crippen LogP contribution in [-0.2, 0) is 6.61 Å². The minimum atomic E-state index is -0.127. The van der Waals surface area contributed by atoms with Gasteiger partial charge < -0.3 is 14.7 Å². The number of hydrogen-bond donors (Lipinski definition) is 1. The second-order valence-electron chi connectivity index (χ2n) is 8.31. The Morgan fingerprint density at radius 3 is 2.68 bits per heavy atom. The maximum Gasteiger partial charge on any atom is 0.153 e. The molecule has 0 bridgehead atoms. The van der Waals surface area contributed by atoms with E-state index in [1.165, 1.54) is 32.1 Å². The van der Waals surface area contributed by atoms with Gasteiger partial charge in [-0.3, -0.25) is 4.98 Å². The summed E-state index contributed by atoms with van der Waals surface area (Å²) < 4.78 is 5.30. The summed E-state index contributed by atoms with van der Waals surface area (Å²) in [6.45, 7) is 6.22. The van der Waals surface area contributed by atoms with Gasteiger partial charge in [0.25, 0.3) is 0 Å². The van der Waals surface area contributed by atoms with Crippen LogP contribution in [-0.4, -0.2) is 40.3 Å². The number of aryl methyl sites for hydroxylation is 1. The summed E-state index contributed by atoms with van der Waals surface area (Å²) in [6, 6.07) is 3.66. The molecule has 1 aliphatic heterocycles. The zero-order valence-corrected chi connectivity index (χ0v) is 17.1. The van der Waals surface area contributed by atoms with Crippen LogP contribution in [0.3, 0.4) is 0 Å². The summed E-state index contributed by atoms with van der Waals surface area (Å²) in [5.41, 5.74) is 3.37. The summed E-state index contributed by atoms with van der Waals surface area (Å²) in [4.78, 5) is 16.3. The molecule has 1 N–H and O–H groups in total. The van der Waals surface area contributed by atoms with Crippen LogP contribution in [0.4, 0.5) is 5.82 Å². The summed E-state index contributed by atoms with van der Waals surface area (Å²) in [5, 5.41) is 9.98. The summed E-state index contributed by atoms with van der Waals surface area (Å²) in [5.74, 6) is 2.38. The van der Waals surface area contributed by atoms with Crippen LogP contribution >= 0.6 is 0 Å². The van der Waals surface area contributed by atoms with Crippen LogP contribution in [0.15, 0.2) is 18.3 Å². The lowest BCUT2D eigenvalue weighted by molar-refractivity contribution is 0.161.